The zero-order valence-corrected chi connectivity index (χ0v) is 13.1. The summed E-state index contributed by atoms with van der Waals surface area (Å²) in [7, 11) is 0. The molecule has 1 aliphatic carbocycles. The fraction of sp³-hybridized carbons (Fsp3) is 0.529. The molecule has 1 aromatic rings. The van der Waals surface area contributed by atoms with Gasteiger partial charge in [-0.3, -0.25) is 9.59 Å². The number of nitrogens with one attached hydrogen (secondary N) is 2. The third kappa shape index (κ3) is 5.85. The minimum atomic E-state index is -0.221. The normalized spacial score (nSPS) is 13.7. The van der Waals surface area contributed by atoms with E-state index in [-0.39, 0.29) is 18.4 Å². The van der Waals surface area contributed by atoms with Crippen LogP contribution in [-0.2, 0) is 9.53 Å². The third-order valence-corrected chi connectivity index (χ3v) is 3.64. The molecule has 2 amide bonds. The van der Waals surface area contributed by atoms with Gasteiger partial charge in [0.25, 0.3) is 5.91 Å². The topological polar surface area (TPSA) is 67.4 Å². The van der Waals surface area contributed by atoms with Crippen molar-refractivity contribution >= 4 is 11.8 Å². The highest BCUT2D eigenvalue weighted by atomic mass is 16.5. The molecule has 0 aliphatic heterocycles. The van der Waals surface area contributed by atoms with E-state index in [1.54, 1.807) is 6.07 Å². The Labute approximate surface area is 131 Å². The lowest BCUT2D eigenvalue weighted by atomic mass is 10.1. The maximum atomic E-state index is 11.9. The van der Waals surface area contributed by atoms with E-state index in [9.17, 15) is 9.59 Å². The summed E-state index contributed by atoms with van der Waals surface area (Å²) in [4.78, 5) is 23.6. The van der Waals surface area contributed by atoms with Crippen LogP contribution in [0, 0.1) is 12.8 Å². The molecule has 5 nitrogen and oxygen atoms in total. The largest absolute Gasteiger partial charge is 0.381 e. The minimum Gasteiger partial charge on any atom is -0.381 e. The van der Waals surface area contributed by atoms with Gasteiger partial charge in [-0.15, -0.1) is 0 Å². The van der Waals surface area contributed by atoms with Crippen LogP contribution in [0.3, 0.4) is 0 Å². The summed E-state index contributed by atoms with van der Waals surface area (Å²) in [5.74, 6) is 0.372. The van der Waals surface area contributed by atoms with Gasteiger partial charge in [0.2, 0.25) is 5.91 Å². The maximum Gasteiger partial charge on any atom is 0.251 e. The zero-order chi connectivity index (χ0) is 15.8. The monoisotopic (exact) mass is 304 g/mol. The lowest BCUT2D eigenvalue weighted by Crippen LogP contribution is -2.37. The quantitative estimate of drug-likeness (QED) is 0.682. The molecule has 2 rings (SSSR count). The molecule has 5 heteroatoms. The van der Waals surface area contributed by atoms with Gasteiger partial charge in [-0.1, -0.05) is 18.2 Å². The predicted octanol–water partition coefficient (Wildman–Crippen LogP) is 1.66. The molecule has 1 aliphatic rings. The molecule has 1 saturated carbocycles. The van der Waals surface area contributed by atoms with Crippen molar-refractivity contribution in [2.75, 3.05) is 26.3 Å². The molecule has 1 fully saturated rings. The Bertz CT molecular complexity index is 512. The summed E-state index contributed by atoms with van der Waals surface area (Å²) >= 11 is 0. The second kappa shape index (κ2) is 8.54. The van der Waals surface area contributed by atoms with Crippen LogP contribution in [-0.4, -0.2) is 38.1 Å². The van der Waals surface area contributed by atoms with Crippen LogP contribution >= 0.6 is 0 Å². The SMILES string of the molecule is Cc1ccccc1C(=O)NCC(=O)NCCCOCC1CC1. The number of carbonyl (C=O) groups is 2. The molecule has 0 aromatic heterocycles. The first-order valence-corrected chi connectivity index (χ1v) is 7.85. The molecule has 120 valence electrons. The Morgan fingerprint density at radius 2 is 2.00 bits per heavy atom. The molecule has 0 spiro atoms. The van der Waals surface area contributed by atoms with Crippen molar-refractivity contribution in [1.29, 1.82) is 0 Å². The van der Waals surface area contributed by atoms with E-state index in [2.05, 4.69) is 10.6 Å². The first-order valence-electron chi connectivity index (χ1n) is 7.85. The standard InChI is InChI=1S/C17H24N2O3/c1-13-5-2-3-6-15(13)17(21)19-11-16(20)18-9-4-10-22-12-14-7-8-14/h2-3,5-6,14H,4,7-12H2,1H3,(H,18,20)(H,19,21). The Morgan fingerprint density at radius 3 is 2.73 bits per heavy atom. The molecular weight excluding hydrogens is 280 g/mol. The van der Waals surface area contributed by atoms with Crippen LogP contribution in [0.2, 0.25) is 0 Å². The first-order chi connectivity index (χ1) is 10.7. The van der Waals surface area contributed by atoms with E-state index in [0.29, 0.717) is 18.7 Å². The lowest BCUT2D eigenvalue weighted by molar-refractivity contribution is -0.120. The van der Waals surface area contributed by atoms with Crippen LogP contribution in [0.15, 0.2) is 24.3 Å². The number of ether oxygens (including phenoxy) is 1. The van der Waals surface area contributed by atoms with Crippen LogP contribution < -0.4 is 10.6 Å². The molecule has 0 bridgehead atoms. The van der Waals surface area contributed by atoms with Crippen LogP contribution in [0.4, 0.5) is 0 Å². The molecule has 2 N–H and O–H groups in total. The third-order valence-electron chi connectivity index (χ3n) is 3.64. The summed E-state index contributed by atoms with van der Waals surface area (Å²) in [6.45, 7) is 3.96. The molecule has 1 aromatic carbocycles. The van der Waals surface area contributed by atoms with Gasteiger partial charge in [0.1, 0.15) is 0 Å². The van der Waals surface area contributed by atoms with Gasteiger partial charge in [-0.2, -0.15) is 0 Å². The Kier molecular flexibility index (Phi) is 6.40. The summed E-state index contributed by atoms with van der Waals surface area (Å²) in [6, 6.07) is 7.31. The second-order valence-electron chi connectivity index (χ2n) is 5.72. The van der Waals surface area contributed by atoms with Gasteiger partial charge in [0.15, 0.2) is 0 Å². The van der Waals surface area contributed by atoms with E-state index in [1.165, 1.54) is 12.8 Å². The first kappa shape index (κ1) is 16.5. The van der Waals surface area contributed by atoms with Gasteiger partial charge in [-0.25, -0.2) is 0 Å². The number of hydrogen-bond acceptors (Lipinski definition) is 3. The van der Waals surface area contributed by atoms with Gasteiger partial charge >= 0.3 is 0 Å². The summed E-state index contributed by atoms with van der Waals surface area (Å²) < 4.78 is 5.49. The number of rotatable bonds is 9. The van der Waals surface area contributed by atoms with E-state index < -0.39 is 0 Å². The molecule has 0 atom stereocenters. The van der Waals surface area contributed by atoms with Crippen LogP contribution in [0.25, 0.3) is 0 Å². The molecule has 22 heavy (non-hydrogen) atoms. The molecule has 0 heterocycles. The summed E-state index contributed by atoms with van der Waals surface area (Å²) in [5.41, 5.74) is 1.50. The van der Waals surface area contributed by atoms with Crippen LogP contribution in [0.5, 0.6) is 0 Å². The summed E-state index contributed by atoms with van der Waals surface area (Å²) in [6.07, 6.45) is 3.37. The van der Waals surface area contributed by atoms with Crippen molar-refractivity contribution < 1.29 is 14.3 Å². The van der Waals surface area contributed by atoms with E-state index in [4.69, 9.17) is 4.74 Å². The van der Waals surface area contributed by atoms with Gasteiger partial charge in [-0.05, 0) is 43.7 Å². The van der Waals surface area contributed by atoms with Crippen molar-refractivity contribution in [2.45, 2.75) is 26.2 Å². The number of hydrogen-bond donors (Lipinski definition) is 2. The Hall–Kier alpha value is -1.88. The van der Waals surface area contributed by atoms with Crippen LogP contribution in [0.1, 0.15) is 35.2 Å². The highest BCUT2D eigenvalue weighted by Gasteiger charge is 2.20. The second-order valence-corrected chi connectivity index (χ2v) is 5.72. The molecular formula is C17H24N2O3. The van der Waals surface area contributed by atoms with E-state index in [0.717, 1.165) is 24.5 Å². The number of amides is 2. The van der Waals surface area contributed by atoms with Gasteiger partial charge < -0.3 is 15.4 Å². The van der Waals surface area contributed by atoms with Gasteiger partial charge in [0, 0.05) is 25.3 Å². The molecule has 0 unspecified atom stereocenters. The highest BCUT2D eigenvalue weighted by Crippen LogP contribution is 2.28. The van der Waals surface area contributed by atoms with Crippen molar-refractivity contribution in [2.24, 2.45) is 5.92 Å². The highest BCUT2D eigenvalue weighted by molar-refractivity contribution is 5.97. The Morgan fingerprint density at radius 1 is 1.23 bits per heavy atom. The fourth-order valence-corrected chi connectivity index (χ4v) is 2.08. The maximum absolute atomic E-state index is 11.9. The summed E-state index contributed by atoms with van der Waals surface area (Å²) in [5, 5.41) is 5.41. The smallest absolute Gasteiger partial charge is 0.251 e. The number of aryl methyl sites for hydroxylation is 1. The lowest BCUT2D eigenvalue weighted by Gasteiger charge is -2.08. The van der Waals surface area contributed by atoms with Crippen molar-refractivity contribution in [1.82, 2.24) is 10.6 Å². The molecule has 0 saturated heterocycles. The molecule has 0 radical (unpaired) electrons. The van der Waals surface area contributed by atoms with Crippen molar-refractivity contribution in [3.63, 3.8) is 0 Å². The predicted molar refractivity (Wildman–Crippen MR) is 84.7 cm³/mol. The van der Waals surface area contributed by atoms with E-state index in [1.807, 2.05) is 25.1 Å². The minimum absolute atomic E-state index is 0.00387. The van der Waals surface area contributed by atoms with Gasteiger partial charge in [0.05, 0.1) is 6.54 Å². The zero-order valence-electron chi connectivity index (χ0n) is 13.1. The Balaban J connectivity index is 1.55. The average Bonchev–Trinajstić information content (AvgIpc) is 3.33. The average molecular weight is 304 g/mol. The number of carbonyl (C=O) groups excluding carboxylic acids is 2. The van der Waals surface area contributed by atoms with Crippen molar-refractivity contribution in [3.8, 4) is 0 Å². The van der Waals surface area contributed by atoms with Crippen molar-refractivity contribution in [3.05, 3.63) is 35.4 Å². The number of benzene rings is 1. The fourth-order valence-electron chi connectivity index (χ4n) is 2.08. The van der Waals surface area contributed by atoms with E-state index >= 15 is 0 Å².